The monoisotopic (exact) mass is 356 g/mol. The lowest BCUT2D eigenvalue weighted by molar-refractivity contribution is -0.205. The molecule has 0 spiro atoms. The molecule has 1 saturated heterocycles. The lowest BCUT2D eigenvalue weighted by Crippen LogP contribution is -2.26. The van der Waals surface area contributed by atoms with Gasteiger partial charge in [0.15, 0.2) is 17.9 Å². The summed E-state index contributed by atoms with van der Waals surface area (Å²) in [5.74, 6) is 0.358. The third kappa shape index (κ3) is 4.51. The fraction of sp³-hybridized carbons (Fsp3) is 0.364. The highest BCUT2D eigenvalue weighted by Gasteiger charge is 2.23. The quantitative estimate of drug-likeness (QED) is 0.612. The Labute approximate surface area is 154 Å². The molecule has 1 aliphatic heterocycles. The second kappa shape index (κ2) is 8.97. The second-order valence-corrected chi connectivity index (χ2v) is 6.43. The molecule has 2 aromatic rings. The van der Waals surface area contributed by atoms with Gasteiger partial charge in [0.1, 0.15) is 0 Å². The minimum Gasteiger partial charge on any atom is -0.491 e. The maximum Gasteiger partial charge on any atom is 0.183 e. The van der Waals surface area contributed by atoms with Gasteiger partial charge in [0.25, 0.3) is 0 Å². The highest BCUT2D eigenvalue weighted by atomic mass is 19.1. The van der Waals surface area contributed by atoms with Crippen molar-refractivity contribution >= 4 is 0 Å². The zero-order chi connectivity index (χ0) is 18.4. The molecule has 1 aliphatic rings. The molecule has 0 amide bonds. The van der Waals surface area contributed by atoms with Gasteiger partial charge in [0.2, 0.25) is 0 Å². The van der Waals surface area contributed by atoms with Crippen molar-refractivity contribution in [3.05, 3.63) is 66.5 Å². The smallest absolute Gasteiger partial charge is 0.183 e. The van der Waals surface area contributed by atoms with E-state index in [1.54, 1.807) is 6.07 Å². The van der Waals surface area contributed by atoms with Crippen LogP contribution in [0.5, 0.6) is 5.75 Å². The van der Waals surface area contributed by atoms with Crippen LogP contribution in [0.3, 0.4) is 0 Å². The molecular weight excluding hydrogens is 331 g/mol. The van der Waals surface area contributed by atoms with E-state index >= 15 is 0 Å². The normalized spacial score (nSPS) is 19.9. The molecule has 0 aliphatic carbocycles. The van der Waals surface area contributed by atoms with E-state index in [0.717, 1.165) is 29.5 Å². The molecule has 2 aromatic carbocycles. The van der Waals surface area contributed by atoms with Gasteiger partial charge < -0.3 is 14.2 Å². The van der Waals surface area contributed by atoms with Crippen LogP contribution in [0.15, 0.2) is 55.1 Å². The van der Waals surface area contributed by atoms with Crippen LogP contribution in [0.1, 0.15) is 31.6 Å². The van der Waals surface area contributed by atoms with Crippen molar-refractivity contribution < 1.29 is 18.6 Å². The van der Waals surface area contributed by atoms with Crippen molar-refractivity contribution in [1.82, 2.24) is 0 Å². The summed E-state index contributed by atoms with van der Waals surface area (Å²) in [5, 5.41) is 0. The number of allylic oxidation sites excluding steroid dienone is 1. The number of benzene rings is 2. The summed E-state index contributed by atoms with van der Waals surface area (Å²) < 4.78 is 31.0. The summed E-state index contributed by atoms with van der Waals surface area (Å²) in [6.45, 7) is 7.43. The molecular formula is C22H25FO3. The summed E-state index contributed by atoms with van der Waals surface area (Å²) in [7, 11) is 0. The van der Waals surface area contributed by atoms with Crippen LogP contribution in [-0.4, -0.2) is 19.8 Å². The molecule has 26 heavy (non-hydrogen) atoms. The number of hydrogen-bond acceptors (Lipinski definition) is 3. The van der Waals surface area contributed by atoms with Crippen LogP contribution in [0, 0.1) is 11.7 Å². The molecule has 0 atom stereocenters. The summed E-state index contributed by atoms with van der Waals surface area (Å²) in [6, 6.07) is 12.9. The van der Waals surface area contributed by atoms with Gasteiger partial charge in [-0.3, -0.25) is 0 Å². The van der Waals surface area contributed by atoms with E-state index in [0.29, 0.717) is 25.7 Å². The molecule has 0 aromatic heterocycles. The molecule has 1 heterocycles. The number of hydrogen-bond donors (Lipinski definition) is 0. The Kier molecular flexibility index (Phi) is 6.42. The molecule has 3 nitrogen and oxygen atoms in total. The van der Waals surface area contributed by atoms with Crippen LogP contribution in [-0.2, 0) is 9.47 Å². The maximum atomic E-state index is 14.0. The van der Waals surface area contributed by atoms with Crippen molar-refractivity contribution in [2.75, 3.05) is 19.8 Å². The molecule has 138 valence electrons. The Morgan fingerprint density at radius 2 is 1.81 bits per heavy atom. The van der Waals surface area contributed by atoms with Gasteiger partial charge in [0, 0.05) is 11.5 Å². The van der Waals surface area contributed by atoms with E-state index in [-0.39, 0.29) is 17.9 Å². The summed E-state index contributed by atoms with van der Waals surface area (Å²) >= 11 is 0. The van der Waals surface area contributed by atoms with Gasteiger partial charge in [-0.25, -0.2) is 4.39 Å². The molecule has 0 saturated carbocycles. The Morgan fingerprint density at radius 1 is 1.12 bits per heavy atom. The Bertz CT molecular complexity index is 719. The van der Waals surface area contributed by atoms with E-state index in [1.165, 1.54) is 6.07 Å². The second-order valence-electron chi connectivity index (χ2n) is 6.43. The summed E-state index contributed by atoms with van der Waals surface area (Å²) in [5.41, 5.74) is 2.73. The van der Waals surface area contributed by atoms with Gasteiger partial charge >= 0.3 is 0 Å². The van der Waals surface area contributed by atoms with Gasteiger partial charge in [-0.15, -0.1) is 6.58 Å². The Balaban J connectivity index is 1.64. The van der Waals surface area contributed by atoms with Crippen molar-refractivity contribution in [1.29, 1.82) is 0 Å². The first kappa shape index (κ1) is 18.6. The Hall–Kier alpha value is -2.17. The Morgan fingerprint density at radius 3 is 2.42 bits per heavy atom. The molecule has 3 rings (SSSR count). The van der Waals surface area contributed by atoms with Crippen LogP contribution in [0.2, 0.25) is 0 Å². The maximum absolute atomic E-state index is 14.0. The van der Waals surface area contributed by atoms with E-state index in [1.807, 2.05) is 43.3 Å². The van der Waals surface area contributed by atoms with Crippen LogP contribution in [0.4, 0.5) is 4.39 Å². The van der Waals surface area contributed by atoms with E-state index in [4.69, 9.17) is 14.2 Å². The third-order valence-electron chi connectivity index (χ3n) is 4.49. The molecule has 0 unspecified atom stereocenters. The van der Waals surface area contributed by atoms with Crippen molar-refractivity contribution in [2.45, 2.75) is 26.1 Å². The number of ether oxygens (including phenoxy) is 3. The number of rotatable bonds is 7. The zero-order valence-electron chi connectivity index (χ0n) is 15.1. The van der Waals surface area contributed by atoms with Crippen molar-refractivity contribution in [2.24, 2.45) is 5.92 Å². The molecule has 0 N–H and O–H groups in total. The van der Waals surface area contributed by atoms with Gasteiger partial charge in [0.05, 0.1) is 19.8 Å². The van der Waals surface area contributed by atoms with Gasteiger partial charge in [-0.05, 0) is 43.0 Å². The first-order valence-electron chi connectivity index (χ1n) is 9.08. The lowest BCUT2D eigenvalue weighted by atomic mass is 10.0. The minimum atomic E-state index is -0.349. The largest absolute Gasteiger partial charge is 0.491 e. The fourth-order valence-corrected chi connectivity index (χ4v) is 3.04. The summed E-state index contributed by atoms with van der Waals surface area (Å²) in [4.78, 5) is 0. The molecule has 0 bridgehead atoms. The van der Waals surface area contributed by atoms with Gasteiger partial charge in [-0.1, -0.05) is 36.4 Å². The van der Waals surface area contributed by atoms with E-state index in [9.17, 15) is 4.39 Å². The fourth-order valence-electron chi connectivity index (χ4n) is 3.04. The highest BCUT2D eigenvalue weighted by molar-refractivity contribution is 5.64. The molecule has 4 heteroatoms. The van der Waals surface area contributed by atoms with Crippen molar-refractivity contribution in [3.8, 4) is 16.9 Å². The topological polar surface area (TPSA) is 27.7 Å². The first-order chi connectivity index (χ1) is 12.7. The first-order valence-corrected chi connectivity index (χ1v) is 9.08. The zero-order valence-corrected chi connectivity index (χ0v) is 15.1. The number of halogens is 1. The van der Waals surface area contributed by atoms with E-state index < -0.39 is 0 Å². The predicted molar refractivity (Wildman–Crippen MR) is 101 cm³/mol. The van der Waals surface area contributed by atoms with E-state index in [2.05, 4.69) is 6.58 Å². The average Bonchev–Trinajstić information content (AvgIpc) is 2.69. The van der Waals surface area contributed by atoms with Crippen LogP contribution >= 0.6 is 0 Å². The van der Waals surface area contributed by atoms with Crippen molar-refractivity contribution in [3.63, 3.8) is 0 Å². The molecule has 0 radical (unpaired) electrons. The molecule has 1 fully saturated rings. The van der Waals surface area contributed by atoms with Crippen LogP contribution in [0.25, 0.3) is 11.1 Å². The highest BCUT2D eigenvalue weighted by Crippen LogP contribution is 2.30. The summed E-state index contributed by atoms with van der Waals surface area (Å²) in [6.07, 6.45) is 3.61. The van der Waals surface area contributed by atoms with Crippen LogP contribution < -0.4 is 4.74 Å². The lowest BCUT2D eigenvalue weighted by Gasteiger charge is -2.29. The minimum absolute atomic E-state index is 0.280. The third-order valence-corrected chi connectivity index (χ3v) is 4.49. The van der Waals surface area contributed by atoms with Gasteiger partial charge in [-0.2, -0.15) is 0 Å². The SMILES string of the molecule is C=CCCC1COC(c2ccc(-c3ccc(OCC)c(F)c3)cc2)OC1. The average molecular weight is 356 g/mol. The predicted octanol–water partition coefficient (Wildman–Crippen LogP) is 5.52. The standard InChI is InChI=1S/C22H25FO3/c1-3-5-6-16-14-25-22(26-15-16)18-9-7-17(8-10-18)19-11-12-21(24-4-2)20(23)13-19/h3,7-13,16,22H,1,4-6,14-15H2,2H3.